The van der Waals surface area contributed by atoms with E-state index in [1.165, 1.54) is 22.5 Å². The van der Waals surface area contributed by atoms with Crippen LogP contribution in [0.1, 0.15) is 50.0 Å². The molecule has 0 bridgehead atoms. The number of benzene rings is 2. The number of rotatable bonds is 10. The molecule has 2 aromatic rings. The van der Waals surface area contributed by atoms with Gasteiger partial charge in [0.15, 0.2) is 5.75 Å². The summed E-state index contributed by atoms with van der Waals surface area (Å²) < 4.78 is 33.5. The monoisotopic (exact) mass is 502 g/mol. The first-order valence-corrected chi connectivity index (χ1v) is 12.6. The summed E-state index contributed by atoms with van der Waals surface area (Å²) in [5.41, 5.74) is 0.992. The van der Waals surface area contributed by atoms with Gasteiger partial charge in [-0.15, -0.1) is 0 Å². The molecule has 0 aliphatic carbocycles. The summed E-state index contributed by atoms with van der Waals surface area (Å²) in [6.45, 7) is 8.40. The number of halogens is 2. The van der Waals surface area contributed by atoms with Crippen LogP contribution >= 0.6 is 23.2 Å². The van der Waals surface area contributed by atoms with Gasteiger partial charge in [0, 0.05) is 18.7 Å². The maximum atomic E-state index is 13.1. The van der Waals surface area contributed by atoms with Crippen molar-refractivity contribution in [3.05, 3.63) is 45.4 Å². The van der Waals surface area contributed by atoms with Crippen molar-refractivity contribution in [3.8, 4) is 11.5 Å². The lowest BCUT2D eigenvalue weighted by Gasteiger charge is -2.22. The quantitative estimate of drug-likeness (QED) is 0.457. The van der Waals surface area contributed by atoms with Crippen LogP contribution in [0.15, 0.2) is 29.2 Å². The maximum absolute atomic E-state index is 13.1. The summed E-state index contributed by atoms with van der Waals surface area (Å²) in [6, 6.07) is 5.55. The van der Waals surface area contributed by atoms with E-state index in [4.69, 9.17) is 27.9 Å². The van der Waals surface area contributed by atoms with E-state index in [9.17, 15) is 18.3 Å². The van der Waals surface area contributed by atoms with Gasteiger partial charge in [0.25, 0.3) is 5.91 Å². The number of nitrogens with zero attached hydrogens (tertiary/aromatic N) is 1. The third-order valence-corrected chi connectivity index (χ3v) is 7.45. The number of sulfonamides is 1. The molecule has 0 saturated heterocycles. The van der Waals surface area contributed by atoms with E-state index in [-0.39, 0.29) is 31.9 Å². The van der Waals surface area contributed by atoms with E-state index in [2.05, 4.69) is 5.32 Å². The van der Waals surface area contributed by atoms with Gasteiger partial charge < -0.3 is 15.2 Å². The molecule has 0 radical (unpaired) electrons. The van der Waals surface area contributed by atoms with Crippen molar-refractivity contribution < 1.29 is 23.1 Å². The molecule has 0 aliphatic rings. The molecule has 7 nitrogen and oxygen atoms in total. The summed E-state index contributed by atoms with van der Waals surface area (Å²) in [7, 11) is -3.76. The van der Waals surface area contributed by atoms with Crippen LogP contribution in [0.3, 0.4) is 0 Å². The molecule has 1 amide bonds. The lowest BCUT2D eigenvalue weighted by molar-refractivity contribution is 0.102. The molecule has 10 heteroatoms. The second-order valence-electron chi connectivity index (χ2n) is 6.99. The molecule has 0 fully saturated rings. The molecule has 0 heterocycles. The average molecular weight is 503 g/mol. The van der Waals surface area contributed by atoms with Crippen molar-refractivity contribution in [2.75, 3.05) is 25.0 Å². The maximum Gasteiger partial charge on any atom is 0.255 e. The summed E-state index contributed by atoms with van der Waals surface area (Å²) in [5, 5.41) is 12.3. The number of anilines is 1. The van der Waals surface area contributed by atoms with E-state index in [1.54, 1.807) is 19.9 Å². The lowest BCUT2D eigenvalue weighted by atomic mass is 10.1. The minimum atomic E-state index is -3.76. The molecule has 32 heavy (non-hydrogen) atoms. The number of nitrogens with one attached hydrogen (secondary N) is 1. The fourth-order valence-corrected chi connectivity index (χ4v) is 5.17. The summed E-state index contributed by atoms with van der Waals surface area (Å²) >= 11 is 11.9. The first-order chi connectivity index (χ1) is 15.1. The van der Waals surface area contributed by atoms with Crippen LogP contribution in [0.25, 0.3) is 0 Å². The van der Waals surface area contributed by atoms with Gasteiger partial charge in [-0.25, -0.2) is 8.42 Å². The van der Waals surface area contributed by atoms with Crippen LogP contribution < -0.4 is 10.1 Å². The number of aromatic hydroxyl groups is 1. The van der Waals surface area contributed by atoms with E-state index in [1.807, 2.05) is 13.8 Å². The van der Waals surface area contributed by atoms with Gasteiger partial charge in [0.05, 0.1) is 27.2 Å². The Morgan fingerprint density at radius 2 is 1.66 bits per heavy atom. The van der Waals surface area contributed by atoms with Gasteiger partial charge >= 0.3 is 0 Å². The SMILES string of the molecule is CCCOc1c(CC)cc(S(=O)(=O)N(CC)CC)cc1NC(=O)c1cc(Cl)c(O)c(Cl)c1. The topological polar surface area (TPSA) is 95.9 Å². The van der Waals surface area contributed by atoms with Crippen LogP contribution in [-0.2, 0) is 16.4 Å². The van der Waals surface area contributed by atoms with Crippen LogP contribution in [0, 0.1) is 0 Å². The Morgan fingerprint density at radius 1 is 1.06 bits per heavy atom. The highest BCUT2D eigenvalue weighted by atomic mass is 35.5. The Bertz CT molecular complexity index is 1060. The largest absolute Gasteiger partial charge is 0.505 e. The molecule has 0 atom stereocenters. The molecule has 0 unspecified atom stereocenters. The third kappa shape index (κ3) is 5.67. The van der Waals surface area contributed by atoms with Gasteiger partial charge in [-0.05, 0) is 42.7 Å². The molecule has 2 rings (SSSR count). The van der Waals surface area contributed by atoms with Crippen LogP contribution in [0.2, 0.25) is 10.0 Å². The third-order valence-electron chi connectivity index (χ3n) is 4.84. The highest BCUT2D eigenvalue weighted by Gasteiger charge is 2.25. The van der Waals surface area contributed by atoms with Crippen molar-refractivity contribution in [2.24, 2.45) is 0 Å². The van der Waals surface area contributed by atoms with Crippen molar-refractivity contribution in [1.82, 2.24) is 4.31 Å². The Labute approximate surface area is 199 Å². The number of hydrogen-bond donors (Lipinski definition) is 2. The number of hydrogen-bond acceptors (Lipinski definition) is 5. The van der Waals surface area contributed by atoms with E-state index >= 15 is 0 Å². The molecule has 176 valence electrons. The normalized spacial score (nSPS) is 11.6. The summed E-state index contributed by atoms with van der Waals surface area (Å²) in [6.07, 6.45) is 1.24. The van der Waals surface area contributed by atoms with Crippen LogP contribution in [-0.4, -0.2) is 43.4 Å². The Kier molecular flexibility index (Phi) is 9.21. The van der Waals surface area contributed by atoms with Gasteiger partial charge in [0.1, 0.15) is 5.75 Å². The minimum absolute atomic E-state index is 0.0685. The lowest BCUT2D eigenvalue weighted by Crippen LogP contribution is -2.30. The zero-order valence-electron chi connectivity index (χ0n) is 18.5. The van der Waals surface area contributed by atoms with Gasteiger partial charge in [-0.3, -0.25) is 4.79 Å². The fourth-order valence-electron chi connectivity index (χ4n) is 3.14. The van der Waals surface area contributed by atoms with Crippen LogP contribution in [0.4, 0.5) is 5.69 Å². The predicted octanol–water partition coefficient (Wildman–Crippen LogP) is 5.33. The Balaban J connectivity index is 2.61. The zero-order valence-corrected chi connectivity index (χ0v) is 20.9. The number of amides is 1. The van der Waals surface area contributed by atoms with Crippen molar-refractivity contribution >= 4 is 44.8 Å². The molecule has 0 saturated carbocycles. The molecule has 0 aromatic heterocycles. The molecule has 2 aromatic carbocycles. The van der Waals surface area contributed by atoms with Gasteiger partial charge in [-0.2, -0.15) is 4.31 Å². The van der Waals surface area contributed by atoms with Crippen LogP contribution in [0.5, 0.6) is 11.5 Å². The average Bonchev–Trinajstić information content (AvgIpc) is 2.76. The standard InChI is InChI=1S/C22H28Cl2N2O5S/c1-5-9-31-21-14(6-2)10-16(32(29,30)26(7-3)8-4)13-19(21)25-22(28)15-11-17(23)20(27)18(24)12-15/h10-13,27H,5-9H2,1-4H3,(H,25,28). The summed E-state index contributed by atoms with van der Waals surface area (Å²) in [4.78, 5) is 13.0. The second-order valence-corrected chi connectivity index (χ2v) is 9.75. The Morgan fingerprint density at radius 3 is 2.16 bits per heavy atom. The zero-order chi connectivity index (χ0) is 24.1. The number of carbonyl (C=O) groups excluding carboxylic acids is 1. The molecule has 2 N–H and O–H groups in total. The molecule has 0 spiro atoms. The van der Waals surface area contributed by atoms with E-state index in [0.29, 0.717) is 37.4 Å². The number of phenols is 1. The fraction of sp³-hybridized carbons (Fsp3) is 0.409. The molecular formula is C22H28Cl2N2O5S. The predicted molar refractivity (Wildman–Crippen MR) is 128 cm³/mol. The molecule has 0 aliphatic heterocycles. The van der Waals surface area contributed by atoms with Gasteiger partial charge in [0.2, 0.25) is 10.0 Å². The Hall–Kier alpha value is -2.00. The van der Waals surface area contributed by atoms with Crippen molar-refractivity contribution in [2.45, 2.75) is 45.4 Å². The highest BCUT2D eigenvalue weighted by Crippen LogP contribution is 2.36. The number of ether oxygens (including phenoxy) is 1. The van der Waals surface area contributed by atoms with Gasteiger partial charge in [-0.1, -0.05) is 50.9 Å². The van der Waals surface area contributed by atoms with Crippen molar-refractivity contribution in [1.29, 1.82) is 0 Å². The summed E-state index contributed by atoms with van der Waals surface area (Å²) in [5.74, 6) is -0.482. The highest BCUT2D eigenvalue weighted by molar-refractivity contribution is 7.89. The van der Waals surface area contributed by atoms with E-state index in [0.717, 1.165) is 6.42 Å². The number of aryl methyl sites for hydroxylation is 1. The number of phenolic OH excluding ortho intramolecular Hbond substituents is 1. The first-order valence-electron chi connectivity index (χ1n) is 10.4. The van der Waals surface area contributed by atoms with Crippen molar-refractivity contribution in [3.63, 3.8) is 0 Å². The smallest absolute Gasteiger partial charge is 0.255 e. The second kappa shape index (κ2) is 11.2. The first kappa shape index (κ1) is 26.3. The molecular weight excluding hydrogens is 475 g/mol. The number of carbonyl (C=O) groups is 1. The van der Waals surface area contributed by atoms with E-state index < -0.39 is 15.9 Å². The minimum Gasteiger partial charge on any atom is -0.505 e.